The second-order valence-electron chi connectivity index (χ2n) is 14.0. The summed E-state index contributed by atoms with van der Waals surface area (Å²) in [6.07, 6.45) is 0. The molecule has 0 unspecified atom stereocenters. The zero-order valence-electron chi connectivity index (χ0n) is 28.9. The van der Waals surface area contributed by atoms with Gasteiger partial charge in [-0.15, -0.1) is 0 Å². The Kier molecular flexibility index (Phi) is 6.86. The SMILES string of the molecule is c1ccc(N(c2cccc(C3(c4ccccc4)c4ccccc4-c4ccccc43)c2)c2ccc3ccc4ccc5c6ccccc6[se]c5c4c3c2)cc1. The fraction of sp³-hybridized carbons (Fsp3) is 0.0196. The number of para-hydroxylation sites is 1. The van der Waals surface area contributed by atoms with Gasteiger partial charge in [0.15, 0.2) is 0 Å². The van der Waals surface area contributed by atoms with Gasteiger partial charge in [-0.1, -0.05) is 54.6 Å². The molecule has 2 heteroatoms. The quantitative estimate of drug-likeness (QED) is 0.126. The van der Waals surface area contributed by atoms with E-state index in [1.54, 1.807) is 0 Å². The molecule has 0 N–H and O–H groups in total. The molecule has 1 nitrogen and oxygen atoms in total. The molecular formula is C51H33NSe. The molecule has 0 aliphatic heterocycles. The second kappa shape index (κ2) is 11.9. The molecule has 1 aliphatic rings. The van der Waals surface area contributed by atoms with Crippen LogP contribution in [-0.4, -0.2) is 14.5 Å². The molecular weight excluding hydrogens is 706 g/mol. The van der Waals surface area contributed by atoms with E-state index in [0.717, 1.165) is 17.1 Å². The Morgan fingerprint density at radius 2 is 0.962 bits per heavy atom. The van der Waals surface area contributed by atoms with E-state index >= 15 is 0 Å². The molecule has 0 fully saturated rings. The van der Waals surface area contributed by atoms with Gasteiger partial charge in [0.1, 0.15) is 0 Å². The number of benzene rings is 9. The van der Waals surface area contributed by atoms with Gasteiger partial charge in [-0.25, -0.2) is 0 Å². The molecule has 0 saturated heterocycles. The molecule has 1 heterocycles. The third kappa shape index (κ3) is 4.50. The van der Waals surface area contributed by atoms with E-state index in [1.807, 2.05) is 0 Å². The minimum atomic E-state index is -0.468. The van der Waals surface area contributed by atoms with Crippen LogP contribution in [0.1, 0.15) is 22.3 Å². The fourth-order valence-electron chi connectivity index (χ4n) is 9.06. The van der Waals surface area contributed by atoms with E-state index in [2.05, 4.69) is 205 Å². The monoisotopic (exact) mass is 739 g/mol. The van der Waals surface area contributed by atoms with Crippen LogP contribution in [0.3, 0.4) is 0 Å². The molecule has 1 aliphatic carbocycles. The van der Waals surface area contributed by atoms with Crippen molar-refractivity contribution in [3.05, 3.63) is 222 Å². The van der Waals surface area contributed by atoms with Crippen molar-refractivity contribution in [3.63, 3.8) is 0 Å². The second-order valence-corrected chi connectivity index (χ2v) is 16.2. The van der Waals surface area contributed by atoms with Crippen molar-refractivity contribution < 1.29 is 0 Å². The van der Waals surface area contributed by atoms with Gasteiger partial charge in [-0.3, -0.25) is 0 Å². The van der Waals surface area contributed by atoms with Crippen molar-refractivity contribution in [2.45, 2.75) is 5.41 Å². The van der Waals surface area contributed by atoms with Crippen molar-refractivity contribution >= 4 is 72.4 Å². The van der Waals surface area contributed by atoms with E-state index in [1.165, 1.54) is 74.2 Å². The topological polar surface area (TPSA) is 3.24 Å². The van der Waals surface area contributed by atoms with Crippen LogP contribution in [0.2, 0.25) is 0 Å². The molecule has 9 aromatic carbocycles. The van der Waals surface area contributed by atoms with E-state index in [4.69, 9.17) is 0 Å². The summed E-state index contributed by atoms with van der Waals surface area (Å²) in [6, 6.07) is 74.4. The summed E-state index contributed by atoms with van der Waals surface area (Å²) in [6.45, 7) is 0. The minimum absolute atomic E-state index is 0.253. The molecule has 0 amide bonds. The Morgan fingerprint density at radius 3 is 1.75 bits per heavy atom. The number of fused-ring (bicyclic) bond motifs is 10. The maximum atomic E-state index is 2.44. The van der Waals surface area contributed by atoms with Crippen LogP contribution >= 0.6 is 0 Å². The Bertz CT molecular complexity index is 2970. The molecule has 0 spiro atoms. The molecule has 0 bridgehead atoms. The van der Waals surface area contributed by atoms with Gasteiger partial charge in [-0.2, -0.15) is 0 Å². The third-order valence-corrected chi connectivity index (χ3v) is 13.8. The van der Waals surface area contributed by atoms with E-state index in [9.17, 15) is 0 Å². The molecule has 10 aromatic rings. The summed E-state index contributed by atoms with van der Waals surface area (Å²) < 4.78 is 2.97. The Labute approximate surface area is 314 Å². The van der Waals surface area contributed by atoms with Crippen molar-refractivity contribution in [1.29, 1.82) is 0 Å². The predicted octanol–water partition coefficient (Wildman–Crippen LogP) is 13.2. The number of nitrogens with zero attached hydrogens (tertiary/aromatic N) is 1. The normalized spacial score (nSPS) is 13.1. The molecule has 248 valence electrons. The van der Waals surface area contributed by atoms with E-state index in [0.29, 0.717) is 0 Å². The number of hydrogen-bond acceptors (Lipinski definition) is 1. The summed E-state index contributed by atoms with van der Waals surface area (Å²) in [5.41, 5.74) is 10.7. The zero-order valence-corrected chi connectivity index (χ0v) is 30.6. The Hall–Kier alpha value is -6.18. The van der Waals surface area contributed by atoms with E-state index in [-0.39, 0.29) is 14.5 Å². The fourth-order valence-corrected chi connectivity index (χ4v) is 11.7. The first-order valence-electron chi connectivity index (χ1n) is 18.3. The molecule has 0 radical (unpaired) electrons. The van der Waals surface area contributed by atoms with Crippen molar-refractivity contribution in [2.75, 3.05) is 4.90 Å². The van der Waals surface area contributed by atoms with Gasteiger partial charge >= 0.3 is 262 Å². The summed E-state index contributed by atoms with van der Waals surface area (Å²) in [4.78, 5) is 2.44. The average Bonchev–Trinajstić information content (AvgIpc) is 3.76. The van der Waals surface area contributed by atoms with E-state index < -0.39 is 5.41 Å². The molecule has 11 rings (SSSR count). The first kappa shape index (κ1) is 30.4. The Balaban J connectivity index is 1.17. The summed E-state index contributed by atoms with van der Waals surface area (Å²) in [5.74, 6) is 0. The predicted molar refractivity (Wildman–Crippen MR) is 225 cm³/mol. The molecule has 53 heavy (non-hydrogen) atoms. The summed E-state index contributed by atoms with van der Waals surface area (Å²) >= 11 is 0.253. The average molecular weight is 739 g/mol. The molecule has 0 atom stereocenters. The van der Waals surface area contributed by atoms with Crippen LogP contribution < -0.4 is 4.90 Å². The van der Waals surface area contributed by atoms with Gasteiger partial charge in [0.05, 0.1) is 0 Å². The van der Waals surface area contributed by atoms with Crippen molar-refractivity contribution in [2.24, 2.45) is 0 Å². The number of anilines is 3. The Morgan fingerprint density at radius 1 is 0.377 bits per heavy atom. The van der Waals surface area contributed by atoms with Gasteiger partial charge < -0.3 is 0 Å². The van der Waals surface area contributed by atoms with Crippen molar-refractivity contribution in [1.82, 2.24) is 0 Å². The number of hydrogen-bond donors (Lipinski definition) is 0. The van der Waals surface area contributed by atoms with Crippen LogP contribution in [0.15, 0.2) is 200 Å². The zero-order chi connectivity index (χ0) is 34.9. The van der Waals surface area contributed by atoms with Gasteiger partial charge in [0.2, 0.25) is 0 Å². The standard InChI is InChI=1S/C51H33NSe/c1-3-14-36(15-4-1)51(46-23-10-7-20-41(46)42-21-8-11-24-47(42)51)37-16-13-19-39(32-37)52(38-17-5-2-6-18-38)40-30-28-34-26-27-35-29-31-44-43-22-9-12-25-48(43)53-50(44)49(35)45(34)33-40/h1-33H. The first-order chi connectivity index (χ1) is 26.3. The first-order valence-corrected chi connectivity index (χ1v) is 20.0. The van der Waals surface area contributed by atoms with Crippen LogP contribution in [0, 0.1) is 0 Å². The summed E-state index contributed by atoms with van der Waals surface area (Å²) in [5, 5.41) is 8.06. The summed E-state index contributed by atoms with van der Waals surface area (Å²) in [7, 11) is 0. The molecule has 0 saturated carbocycles. The number of rotatable bonds is 5. The van der Waals surface area contributed by atoms with Gasteiger partial charge in [0, 0.05) is 0 Å². The molecule has 1 aromatic heterocycles. The van der Waals surface area contributed by atoms with Crippen LogP contribution in [0.5, 0.6) is 0 Å². The van der Waals surface area contributed by atoms with Crippen LogP contribution in [-0.2, 0) is 5.41 Å². The maximum absolute atomic E-state index is 2.44. The van der Waals surface area contributed by atoms with Gasteiger partial charge in [-0.05, 0) is 0 Å². The van der Waals surface area contributed by atoms with Crippen molar-refractivity contribution in [3.8, 4) is 11.1 Å². The van der Waals surface area contributed by atoms with Crippen LogP contribution in [0.25, 0.3) is 52.0 Å². The van der Waals surface area contributed by atoms with Gasteiger partial charge in [0.25, 0.3) is 0 Å². The van der Waals surface area contributed by atoms with Crippen LogP contribution in [0.4, 0.5) is 17.1 Å². The third-order valence-electron chi connectivity index (χ3n) is 11.3.